The summed E-state index contributed by atoms with van der Waals surface area (Å²) < 4.78 is 13.6. The number of hydrogen-bond acceptors (Lipinski definition) is 3. The Kier molecular flexibility index (Phi) is 4.46. The maximum atomic E-state index is 13.6. The van der Waals surface area contributed by atoms with Gasteiger partial charge in [0, 0.05) is 30.7 Å². The van der Waals surface area contributed by atoms with E-state index in [2.05, 4.69) is 29.0 Å². The molecule has 0 radical (unpaired) electrons. The largest absolute Gasteiger partial charge is 0.345 e. The summed E-state index contributed by atoms with van der Waals surface area (Å²) in [5, 5.41) is 2.86. The third kappa shape index (κ3) is 3.69. The zero-order chi connectivity index (χ0) is 15.6. The molecule has 0 aromatic carbocycles. The number of aromatic nitrogens is 1. The summed E-state index contributed by atoms with van der Waals surface area (Å²) in [6.45, 7) is 8.03. The molecule has 1 aromatic heterocycles. The van der Waals surface area contributed by atoms with Crippen molar-refractivity contribution in [3.8, 4) is 0 Å². The highest BCUT2D eigenvalue weighted by Gasteiger charge is 2.33. The SMILES string of the molecule is CC(C)N1CCC(C)(NC(=O)c2[nH]c(=O)ccc2F)CC1. The van der Waals surface area contributed by atoms with Gasteiger partial charge in [-0.25, -0.2) is 4.39 Å². The molecule has 0 atom stereocenters. The van der Waals surface area contributed by atoms with Crippen LogP contribution < -0.4 is 10.9 Å². The number of halogens is 1. The molecule has 116 valence electrons. The maximum absolute atomic E-state index is 13.6. The van der Waals surface area contributed by atoms with E-state index < -0.39 is 17.3 Å². The summed E-state index contributed by atoms with van der Waals surface area (Å²) >= 11 is 0. The lowest BCUT2D eigenvalue weighted by molar-refractivity contribution is 0.0792. The molecule has 1 aromatic rings. The van der Waals surface area contributed by atoms with E-state index in [0.717, 1.165) is 38.1 Å². The van der Waals surface area contributed by atoms with Gasteiger partial charge in [0.15, 0.2) is 5.82 Å². The number of carbonyl (C=O) groups is 1. The average Bonchev–Trinajstić information content (AvgIpc) is 2.41. The fraction of sp³-hybridized carbons (Fsp3) is 0.600. The van der Waals surface area contributed by atoms with Gasteiger partial charge < -0.3 is 15.2 Å². The first-order valence-corrected chi connectivity index (χ1v) is 7.26. The van der Waals surface area contributed by atoms with Crippen molar-refractivity contribution in [2.24, 2.45) is 0 Å². The van der Waals surface area contributed by atoms with E-state index in [-0.39, 0.29) is 11.2 Å². The van der Waals surface area contributed by atoms with E-state index in [1.807, 2.05) is 6.92 Å². The monoisotopic (exact) mass is 295 g/mol. The van der Waals surface area contributed by atoms with Crippen LogP contribution in [-0.2, 0) is 0 Å². The molecule has 1 fully saturated rings. The minimum absolute atomic E-state index is 0.296. The Morgan fingerprint density at radius 2 is 2.00 bits per heavy atom. The number of H-pyrrole nitrogens is 1. The van der Waals surface area contributed by atoms with Gasteiger partial charge in [-0.15, -0.1) is 0 Å². The predicted molar refractivity (Wildman–Crippen MR) is 78.8 cm³/mol. The highest BCUT2D eigenvalue weighted by Crippen LogP contribution is 2.23. The second-order valence-electron chi connectivity index (χ2n) is 6.19. The van der Waals surface area contributed by atoms with Crippen LogP contribution in [0.25, 0.3) is 0 Å². The van der Waals surface area contributed by atoms with Crippen molar-refractivity contribution in [3.63, 3.8) is 0 Å². The number of nitrogens with zero attached hydrogens (tertiary/aromatic N) is 1. The van der Waals surface area contributed by atoms with E-state index in [1.165, 1.54) is 0 Å². The van der Waals surface area contributed by atoms with Crippen LogP contribution in [0, 0.1) is 5.82 Å². The number of likely N-dealkylation sites (tertiary alicyclic amines) is 1. The standard InChI is InChI=1S/C15H22FN3O2/c1-10(2)19-8-6-15(3,7-9-19)18-14(21)13-11(16)4-5-12(20)17-13/h4-5,10H,6-9H2,1-3H3,(H,17,20)(H,18,21). The molecule has 6 heteroatoms. The van der Waals surface area contributed by atoms with E-state index in [4.69, 9.17) is 0 Å². The Balaban J connectivity index is 2.06. The minimum Gasteiger partial charge on any atom is -0.345 e. The van der Waals surface area contributed by atoms with Crippen LogP contribution >= 0.6 is 0 Å². The molecule has 1 amide bonds. The van der Waals surface area contributed by atoms with Crippen molar-refractivity contribution in [3.05, 3.63) is 34.0 Å². The second-order valence-corrected chi connectivity index (χ2v) is 6.19. The van der Waals surface area contributed by atoms with Gasteiger partial charge in [-0.2, -0.15) is 0 Å². The summed E-state index contributed by atoms with van der Waals surface area (Å²) in [5.41, 5.74) is -1.15. The molecule has 2 rings (SSSR count). The molecule has 0 bridgehead atoms. The highest BCUT2D eigenvalue weighted by atomic mass is 19.1. The summed E-state index contributed by atoms with van der Waals surface area (Å²) in [6.07, 6.45) is 1.60. The van der Waals surface area contributed by atoms with Gasteiger partial charge >= 0.3 is 0 Å². The summed E-state index contributed by atoms with van der Waals surface area (Å²) in [4.78, 5) is 28.0. The Labute approximate surface area is 123 Å². The predicted octanol–water partition coefficient (Wildman–Crippen LogP) is 1.51. The summed E-state index contributed by atoms with van der Waals surface area (Å²) in [7, 11) is 0. The molecule has 2 heterocycles. The number of nitrogens with one attached hydrogen (secondary N) is 2. The first kappa shape index (κ1) is 15.7. The third-order valence-electron chi connectivity index (χ3n) is 4.14. The van der Waals surface area contributed by atoms with Gasteiger partial charge in [0.25, 0.3) is 5.91 Å². The topological polar surface area (TPSA) is 65.2 Å². The quantitative estimate of drug-likeness (QED) is 0.888. The fourth-order valence-corrected chi connectivity index (χ4v) is 2.62. The van der Waals surface area contributed by atoms with Gasteiger partial charge in [-0.05, 0) is 39.7 Å². The van der Waals surface area contributed by atoms with Crippen LogP contribution in [0.5, 0.6) is 0 Å². The molecule has 2 N–H and O–H groups in total. The van der Waals surface area contributed by atoms with Crippen molar-refractivity contribution in [2.75, 3.05) is 13.1 Å². The Bertz CT molecular complexity index is 575. The number of amides is 1. The Morgan fingerprint density at radius 1 is 1.38 bits per heavy atom. The number of carbonyl (C=O) groups excluding carboxylic acids is 1. The van der Waals surface area contributed by atoms with Crippen molar-refractivity contribution in [2.45, 2.75) is 45.2 Å². The molecule has 5 nitrogen and oxygen atoms in total. The Hall–Kier alpha value is -1.69. The van der Waals surface area contributed by atoms with Crippen molar-refractivity contribution in [1.82, 2.24) is 15.2 Å². The number of piperidine rings is 1. The molecule has 0 aliphatic carbocycles. The van der Waals surface area contributed by atoms with E-state index in [0.29, 0.717) is 6.04 Å². The summed E-state index contributed by atoms with van der Waals surface area (Å²) in [6, 6.07) is 2.56. The van der Waals surface area contributed by atoms with Gasteiger partial charge in [-0.3, -0.25) is 9.59 Å². The molecular formula is C15H22FN3O2. The first-order chi connectivity index (χ1) is 9.81. The average molecular weight is 295 g/mol. The van der Waals surface area contributed by atoms with Crippen LogP contribution in [0.15, 0.2) is 16.9 Å². The number of rotatable bonds is 3. The molecule has 1 aliphatic rings. The van der Waals surface area contributed by atoms with Crippen molar-refractivity contribution in [1.29, 1.82) is 0 Å². The van der Waals surface area contributed by atoms with E-state index >= 15 is 0 Å². The first-order valence-electron chi connectivity index (χ1n) is 7.26. The van der Waals surface area contributed by atoms with Crippen molar-refractivity contribution >= 4 is 5.91 Å². The smallest absolute Gasteiger partial charge is 0.271 e. The van der Waals surface area contributed by atoms with Crippen LogP contribution in [-0.4, -0.2) is 40.5 Å². The molecule has 0 saturated carbocycles. The summed E-state index contributed by atoms with van der Waals surface area (Å²) in [5.74, 6) is -1.28. The molecule has 0 unspecified atom stereocenters. The van der Waals surface area contributed by atoms with Crippen molar-refractivity contribution < 1.29 is 9.18 Å². The van der Waals surface area contributed by atoms with Crippen LogP contribution in [0.1, 0.15) is 44.1 Å². The van der Waals surface area contributed by atoms with Crippen LogP contribution in [0.2, 0.25) is 0 Å². The van der Waals surface area contributed by atoms with Crippen LogP contribution in [0.4, 0.5) is 4.39 Å². The van der Waals surface area contributed by atoms with Gasteiger partial charge in [0.05, 0.1) is 0 Å². The van der Waals surface area contributed by atoms with E-state index in [1.54, 1.807) is 0 Å². The molecule has 0 spiro atoms. The zero-order valence-corrected chi connectivity index (χ0v) is 12.7. The zero-order valence-electron chi connectivity index (χ0n) is 12.7. The second kappa shape index (κ2) is 5.97. The number of hydrogen-bond donors (Lipinski definition) is 2. The minimum atomic E-state index is -0.713. The lowest BCUT2D eigenvalue weighted by atomic mass is 9.89. The Morgan fingerprint density at radius 3 is 2.57 bits per heavy atom. The highest BCUT2D eigenvalue weighted by molar-refractivity contribution is 5.93. The number of pyridine rings is 1. The molecule has 21 heavy (non-hydrogen) atoms. The molecule has 1 saturated heterocycles. The number of aromatic amines is 1. The third-order valence-corrected chi connectivity index (χ3v) is 4.14. The van der Waals surface area contributed by atoms with Crippen LogP contribution in [0.3, 0.4) is 0 Å². The van der Waals surface area contributed by atoms with Gasteiger partial charge in [0.1, 0.15) is 5.69 Å². The fourth-order valence-electron chi connectivity index (χ4n) is 2.62. The van der Waals surface area contributed by atoms with Gasteiger partial charge in [-0.1, -0.05) is 0 Å². The maximum Gasteiger partial charge on any atom is 0.271 e. The molecular weight excluding hydrogens is 273 g/mol. The normalized spacial score (nSPS) is 18.7. The lowest BCUT2D eigenvalue weighted by Gasteiger charge is -2.41. The van der Waals surface area contributed by atoms with Gasteiger partial charge in [0.2, 0.25) is 5.56 Å². The van der Waals surface area contributed by atoms with E-state index in [9.17, 15) is 14.0 Å². The molecule has 1 aliphatic heterocycles. The lowest BCUT2D eigenvalue weighted by Crippen LogP contribution is -2.54.